The minimum absolute atomic E-state index is 0.00401. The van der Waals surface area contributed by atoms with Gasteiger partial charge < -0.3 is 26.0 Å². The first-order chi connectivity index (χ1) is 15.4. The number of hydrogen-bond acceptors (Lipinski definition) is 3. The Morgan fingerprint density at radius 3 is 2.31 bits per heavy atom. The summed E-state index contributed by atoms with van der Waals surface area (Å²) in [6.07, 6.45) is 3.53. The molecular formula is C25H33N4O3+. The molecule has 0 saturated carbocycles. The Bertz CT molecular complexity index is 944. The molecule has 7 heteroatoms. The highest BCUT2D eigenvalue weighted by Gasteiger charge is 2.33. The summed E-state index contributed by atoms with van der Waals surface area (Å²) in [5.74, 6) is 0.00401. The summed E-state index contributed by atoms with van der Waals surface area (Å²) in [6, 6.07) is 15.5. The fourth-order valence-corrected chi connectivity index (χ4v) is 4.63. The molecule has 0 bridgehead atoms. The number of amides is 3. The van der Waals surface area contributed by atoms with Crippen LogP contribution in [0.2, 0.25) is 0 Å². The van der Waals surface area contributed by atoms with Crippen LogP contribution in [0.4, 0.5) is 10.5 Å². The number of unbranched alkanes of at least 4 members (excludes halogenated alkanes) is 1. The van der Waals surface area contributed by atoms with Crippen LogP contribution in [0.5, 0.6) is 0 Å². The number of likely N-dealkylation sites (tertiary alicyclic amines) is 1. The van der Waals surface area contributed by atoms with E-state index in [-0.39, 0.29) is 11.9 Å². The highest BCUT2D eigenvalue weighted by molar-refractivity contribution is 5.94. The molecule has 2 aliphatic heterocycles. The van der Waals surface area contributed by atoms with Crippen LogP contribution in [0, 0.1) is 0 Å². The number of nitrogens with zero attached hydrogens (tertiary/aromatic N) is 2. The van der Waals surface area contributed by atoms with Crippen molar-refractivity contribution in [2.45, 2.75) is 50.8 Å². The quantitative estimate of drug-likeness (QED) is 0.605. The van der Waals surface area contributed by atoms with Crippen molar-refractivity contribution in [2.75, 3.05) is 19.6 Å². The van der Waals surface area contributed by atoms with E-state index in [1.165, 1.54) is 11.1 Å². The number of quaternary nitrogens is 1. The van der Waals surface area contributed by atoms with Crippen molar-refractivity contribution >= 4 is 17.6 Å². The van der Waals surface area contributed by atoms with Gasteiger partial charge in [-0.05, 0) is 55.4 Å². The molecule has 2 heterocycles. The van der Waals surface area contributed by atoms with E-state index in [1.54, 1.807) is 6.07 Å². The van der Waals surface area contributed by atoms with Crippen LogP contribution in [0.15, 0.2) is 48.5 Å². The predicted octanol–water partition coefficient (Wildman–Crippen LogP) is 2.42. The van der Waals surface area contributed by atoms with Crippen molar-refractivity contribution in [1.82, 2.24) is 15.1 Å². The number of piperidine rings is 1. The van der Waals surface area contributed by atoms with Crippen LogP contribution < -0.4 is 11.1 Å². The van der Waals surface area contributed by atoms with Crippen LogP contribution >= 0.6 is 0 Å². The first-order valence-electron chi connectivity index (χ1n) is 11.5. The lowest BCUT2D eigenvalue weighted by Crippen LogP contribution is -2.47. The number of rotatable bonds is 6. The van der Waals surface area contributed by atoms with E-state index >= 15 is 0 Å². The number of benzene rings is 2. The Balaban J connectivity index is 1.14. The second kappa shape index (κ2) is 9.71. The zero-order valence-corrected chi connectivity index (χ0v) is 18.6. The van der Waals surface area contributed by atoms with Crippen LogP contribution in [0.3, 0.4) is 0 Å². The molecule has 1 saturated heterocycles. The molecule has 2 aromatic carbocycles. The van der Waals surface area contributed by atoms with Crippen molar-refractivity contribution in [2.24, 2.45) is 0 Å². The standard InChI is InChI=1S/C25H32N4O3/c26-22-9-5-8-19(16-22)23(30)28-14-11-25(32,12-15-28)10-3-4-13-27-24(31)29-17-20-6-1-2-7-21(20)18-29/h1-2,5-9,16,32H,3-4,10-15,17-18,26H2,(H,27,31)/p+1. The second-order valence-corrected chi connectivity index (χ2v) is 9.03. The topological polar surface area (TPSA) is 101 Å². The average molecular weight is 438 g/mol. The van der Waals surface area contributed by atoms with Gasteiger partial charge in [-0.15, -0.1) is 0 Å². The SMILES string of the molecule is [NH3+]c1cccc(C(=O)N2CCC(O)(CCCCNC(=O)N3Cc4ccccc4C3)CC2)c1. The molecule has 0 radical (unpaired) electrons. The highest BCUT2D eigenvalue weighted by Crippen LogP contribution is 2.28. The van der Waals surface area contributed by atoms with Gasteiger partial charge in [0.1, 0.15) is 5.69 Å². The summed E-state index contributed by atoms with van der Waals surface area (Å²) in [5, 5.41) is 13.9. The van der Waals surface area contributed by atoms with Gasteiger partial charge in [-0.25, -0.2) is 4.79 Å². The van der Waals surface area contributed by atoms with E-state index in [4.69, 9.17) is 0 Å². The number of carbonyl (C=O) groups is 2. The smallest absolute Gasteiger partial charge is 0.318 e. The van der Waals surface area contributed by atoms with Gasteiger partial charge in [-0.3, -0.25) is 4.79 Å². The molecule has 4 rings (SSSR count). The average Bonchev–Trinajstić information content (AvgIpc) is 3.23. The molecule has 0 aromatic heterocycles. The summed E-state index contributed by atoms with van der Waals surface area (Å²) in [4.78, 5) is 28.7. The monoisotopic (exact) mass is 437 g/mol. The lowest BCUT2D eigenvalue weighted by Gasteiger charge is -2.38. The Morgan fingerprint density at radius 2 is 1.66 bits per heavy atom. The molecule has 0 aliphatic carbocycles. The van der Waals surface area contributed by atoms with Gasteiger partial charge in [0.05, 0.1) is 5.60 Å². The first-order valence-corrected chi connectivity index (χ1v) is 11.5. The summed E-state index contributed by atoms with van der Waals surface area (Å²) >= 11 is 0. The summed E-state index contributed by atoms with van der Waals surface area (Å²) in [6.45, 7) is 3.05. The zero-order valence-electron chi connectivity index (χ0n) is 18.6. The van der Waals surface area contributed by atoms with Gasteiger partial charge in [-0.1, -0.05) is 30.3 Å². The predicted molar refractivity (Wildman–Crippen MR) is 122 cm³/mol. The molecule has 7 nitrogen and oxygen atoms in total. The number of fused-ring (bicyclic) bond motifs is 1. The summed E-state index contributed by atoms with van der Waals surface area (Å²) < 4.78 is 0. The molecular weight excluding hydrogens is 404 g/mol. The number of aliphatic hydroxyl groups is 1. The minimum Gasteiger partial charge on any atom is -0.390 e. The largest absolute Gasteiger partial charge is 0.390 e. The normalized spacial score (nSPS) is 17.2. The van der Waals surface area contributed by atoms with Gasteiger partial charge in [0.25, 0.3) is 5.91 Å². The summed E-state index contributed by atoms with van der Waals surface area (Å²) in [7, 11) is 0. The molecule has 2 aliphatic rings. The Morgan fingerprint density at radius 1 is 0.969 bits per heavy atom. The third-order valence-corrected chi connectivity index (χ3v) is 6.63. The molecule has 3 amide bonds. The van der Waals surface area contributed by atoms with E-state index in [0.29, 0.717) is 57.5 Å². The molecule has 0 unspecified atom stereocenters. The van der Waals surface area contributed by atoms with Crippen molar-refractivity contribution in [3.8, 4) is 0 Å². The lowest BCUT2D eigenvalue weighted by molar-refractivity contribution is -0.254. The molecule has 2 aromatic rings. The van der Waals surface area contributed by atoms with Crippen molar-refractivity contribution < 1.29 is 20.4 Å². The molecule has 32 heavy (non-hydrogen) atoms. The van der Waals surface area contributed by atoms with Gasteiger partial charge in [0.15, 0.2) is 0 Å². The van der Waals surface area contributed by atoms with Gasteiger partial charge in [-0.2, -0.15) is 0 Å². The Labute approximate surface area is 189 Å². The van der Waals surface area contributed by atoms with E-state index in [1.807, 2.05) is 40.1 Å². The van der Waals surface area contributed by atoms with Gasteiger partial charge >= 0.3 is 6.03 Å². The van der Waals surface area contributed by atoms with Crippen molar-refractivity contribution in [3.63, 3.8) is 0 Å². The fraction of sp³-hybridized carbons (Fsp3) is 0.440. The Hall–Kier alpha value is -2.90. The van der Waals surface area contributed by atoms with E-state index in [0.717, 1.165) is 18.5 Å². The maximum Gasteiger partial charge on any atom is 0.318 e. The molecule has 170 valence electrons. The van der Waals surface area contributed by atoms with Crippen molar-refractivity contribution in [3.05, 3.63) is 65.2 Å². The van der Waals surface area contributed by atoms with Gasteiger partial charge in [0.2, 0.25) is 0 Å². The molecule has 0 spiro atoms. The highest BCUT2D eigenvalue weighted by atomic mass is 16.3. The van der Waals surface area contributed by atoms with E-state index in [2.05, 4.69) is 23.2 Å². The van der Waals surface area contributed by atoms with E-state index < -0.39 is 5.60 Å². The number of nitrogens with one attached hydrogen (secondary N) is 1. The number of urea groups is 1. The van der Waals surface area contributed by atoms with Crippen LogP contribution in [-0.4, -0.2) is 52.1 Å². The maximum absolute atomic E-state index is 12.7. The van der Waals surface area contributed by atoms with Crippen LogP contribution in [-0.2, 0) is 13.1 Å². The molecule has 0 atom stereocenters. The number of hydrogen-bond donors (Lipinski definition) is 3. The second-order valence-electron chi connectivity index (χ2n) is 9.03. The number of carbonyl (C=O) groups excluding carboxylic acids is 2. The van der Waals surface area contributed by atoms with Crippen molar-refractivity contribution in [1.29, 1.82) is 0 Å². The minimum atomic E-state index is -0.731. The molecule has 1 fully saturated rings. The summed E-state index contributed by atoms with van der Waals surface area (Å²) in [5.41, 5.74) is 7.06. The fourth-order valence-electron chi connectivity index (χ4n) is 4.63. The zero-order chi connectivity index (χ0) is 22.6. The third-order valence-electron chi connectivity index (χ3n) is 6.63. The molecule has 5 N–H and O–H groups in total. The lowest BCUT2D eigenvalue weighted by atomic mass is 9.86. The third kappa shape index (κ3) is 5.29. The van der Waals surface area contributed by atoms with E-state index in [9.17, 15) is 14.7 Å². The first kappa shape index (κ1) is 22.3. The van der Waals surface area contributed by atoms with Crippen LogP contribution in [0.1, 0.15) is 53.6 Å². The maximum atomic E-state index is 12.7. The van der Waals surface area contributed by atoms with Gasteiger partial charge in [0, 0.05) is 44.4 Å². The van der Waals surface area contributed by atoms with Crippen LogP contribution in [0.25, 0.3) is 0 Å². The Kier molecular flexibility index (Phi) is 6.77.